The van der Waals surface area contributed by atoms with E-state index in [2.05, 4.69) is 26.8 Å². The van der Waals surface area contributed by atoms with Gasteiger partial charge in [-0.1, -0.05) is 32.9 Å². The molecule has 1 heterocycles. The Bertz CT molecular complexity index is 393. The highest BCUT2D eigenvalue weighted by atomic mass is 16.7. The van der Waals surface area contributed by atoms with Crippen LogP contribution in [0.3, 0.4) is 0 Å². The van der Waals surface area contributed by atoms with Crippen molar-refractivity contribution >= 4 is 0 Å². The lowest BCUT2D eigenvalue weighted by Gasteiger charge is -2.22. The smallest absolute Gasteiger partial charge is 0.188 e. The largest absolute Gasteiger partial charge is 0.496 e. The summed E-state index contributed by atoms with van der Waals surface area (Å²) in [6.45, 7) is 7.69. The average molecular weight is 236 g/mol. The zero-order valence-electron chi connectivity index (χ0n) is 10.9. The molecule has 94 valence electrons. The second kappa shape index (κ2) is 4.67. The van der Waals surface area contributed by atoms with E-state index in [1.807, 2.05) is 12.1 Å². The van der Waals surface area contributed by atoms with Gasteiger partial charge in [0.15, 0.2) is 6.29 Å². The fourth-order valence-corrected chi connectivity index (χ4v) is 1.87. The zero-order valence-corrected chi connectivity index (χ0v) is 10.9. The van der Waals surface area contributed by atoms with Gasteiger partial charge in [0.05, 0.1) is 25.9 Å². The molecule has 1 aliphatic heterocycles. The topological polar surface area (TPSA) is 27.7 Å². The maximum absolute atomic E-state index is 5.83. The standard InChI is InChI=1S/C14H20O3/c1-14(2,3)9-17-13-12-10(8-16-13)6-5-7-11(12)15-4/h5-7,13H,8-9H2,1-4H3. The van der Waals surface area contributed by atoms with Gasteiger partial charge in [0, 0.05) is 0 Å². The predicted octanol–water partition coefficient (Wildman–Crippen LogP) is 3.29. The Morgan fingerprint density at radius 1 is 1.35 bits per heavy atom. The quantitative estimate of drug-likeness (QED) is 0.806. The molecule has 3 nitrogen and oxygen atoms in total. The highest BCUT2D eigenvalue weighted by Gasteiger charge is 2.28. The van der Waals surface area contributed by atoms with E-state index in [1.165, 1.54) is 0 Å². The highest BCUT2D eigenvalue weighted by Crippen LogP contribution is 2.38. The van der Waals surface area contributed by atoms with Gasteiger partial charge in [0.25, 0.3) is 0 Å². The first-order valence-electron chi connectivity index (χ1n) is 5.90. The van der Waals surface area contributed by atoms with E-state index in [0.29, 0.717) is 13.2 Å². The van der Waals surface area contributed by atoms with Gasteiger partial charge in [0.2, 0.25) is 0 Å². The third-order valence-corrected chi connectivity index (χ3v) is 2.67. The van der Waals surface area contributed by atoms with Gasteiger partial charge in [-0.25, -0.2) is 0 Å². The van der Waals surface area contributed by atoms with E-state index in [0.717, 1.165) is 16.9 Å². The van der Waals surface area contributed by atoms with Crippen LogP contribution < -0.4 is 4.74 Å². The van der Waals surface area contributed by atoms with Gasteiger partial charge in [-0.05, 0) is 17.0 Å². The van der Waals surface area contributed by atoms with Crippen LogP contribution in [0.4, 0.5) is 0 Å². The Balaban J connectivity index is 2.15. The molecule has 0 N–H and O–H groups in total. The number of hydrogen-bond donors (Lipinski definition) is 0. The second-order valence-corrected chi connectivity index (χ2v) is 5.55. The molecule has 0 radical (unpaired) electrons. The van der Waals surface area contributed by atoms with Crippen LogP contribution in [0, 0.1) is 5.41 Å². The van der Waals surface area contributed by atoms with Crippen LogP contribution in [0.2, 0.25) is 0 Å². The Morgan fingerprint density at radius 3 is 2.76 bits per heavy atom. The predicted molar refractivity (Wildman–Crippen MR) is 65.9 cm³/mol. The van der Waals surface area contributed by atoms with Crippen molar-refractivity contribution in [2.75, 3.05) is 13.7 Å². The minimum atomic E-state index is -0.291. The molecule has 0 aromatic heterocycles. The van der Waals surface area contributed by atoms with Crippen molar-refractivity contribution in [2.45, 2.75) is 33.7 Å². The van der Waals surface area contributed by atoms with Gasteiger partial charge in [-0.2, -0.15) is 0 Å². The van der Waals surface area contributed by atoms with E-state index in [-0.39, 0.29) is 11.7 Å². The monoisotopic (exact) mass is 236 g/mol. The summed E-state index contributed by atoms with van der Waals surface area (Å²) >= 11 is 0. The summed E-state index contributed by atoms with van der Waals surface area (Å²) in [4.78, 5) is 0. The Morgan fingerprint density at radius 2 is 2.12 bits per heavy atom. The summed E-state index contributed by atoms with van der Waals surface area (Å²) < 4.78 is 16.9. The third-order valence-electron chi connectivity index (χ3n) is 2.67. The summed E-state index contributed by atoms with van der Waals surface area (Å²) in [5.74, 6) is 0.846. The SMILES string of the molecule is COc1cccc2c1C(OCC(C)(C)C)OC2. The molecule has 1 unspecified atom stereocenters. The molecule has 3 heteroatoms. The van der Waals surface area contributed by atoms with E-state index in [4.69, 9.17) is 14.2 Å². The number of ether oxygens (including phenoxy) is 3. The molecule has 0 saturated heterocycles. The molecule has 0 bridgehead atoms. The van der Waals surface area contributed by atoms with E-state index in [1.54, 1.807) is 7.11 Å². The molecule has 17 heavy (non-hydrogen) atoms. The van der Waals surface area contributed by atoms with E-state index < -0.39 is 0 Å². The molecular weight excluding hydrogens is 216 g/mol. The fraction of sp³-hybridized carbons (Fsp3) is 0.571. The van der Waals surface area contributed by atoms with E-state index >= 15 is 0 Å². The van der Waals surface area contributed by atoms with Crippen molar-refractivity contribution in [1.29, 1.82) is 0 Å². The third kappa shape index (κ3) is 2.79. The molecule has 0 spiro atoms. The fourth-order valence-electron chi connectivity index (χ4n) is 1.87. The Labute approximate surface area is 103 Å². The van der Waals surface area contributed by atoms with Crippen molar-refractivity contribution < 1.29 is 14.2 Å². The first-order chi connectivity index (χ1) is 8.01. The number of hydrogen-bond acceptors (Lipinski definition) is 3. The average Bonchev–Trinajstić information content (AvgIpc) is 2.68. The Hall–Kier alpha value is -1.06. The summed E-state index contributed by atoms with van der Waals surface area (Å²) in [6.07, 6.45) is -0.291. The first kappa shape index (κ1) is 12.4. The lowest BCUT2D eigenvalue weighted by atomic mass is 9.98. The molecule has 0 saturated carbocycles. The van der Waals surface area contributed by atoms with Crippen molar-refractivity contribution in [1.82, 2.24) is 0 Å². The molecule has 1 aliphatic rings. The molecule has 0 fully saturated rings. The number of methoxy groups -OCH3 is 1. The molecule has 2 rings (SSSR count). The molecular formula is C14H20O3. The van der Waals surface area contributed by atoms with Gasteiger partial charge in [0.1, 0.15) is 5.75 Å². The summed E-state index contributed by atoms with van der Waals surface area (Å²) in [6, 6.07) is 5.98. The summed E-state index contributed by atoms with van der Waals surface area (Å²) in [5, 5.41) is 0. The maximum Gasteiger partial charge on any atom is 0.188 e. The lowest BCUT2D eigenvalue weighted by molar-refractivity contribution is -0.153. The molecule has 0 amide bonds. The van der Waals surface area contributed by atoms with Gasteiger partial charge < -0.3 is 14.2 Å². The van der Waals surface area contributed by atoms with Crippen molar-refractivity contribution in [3.8, 4) is 5.75 Å². The first-order valence-corrected chi connectivity index (χ1v) is 5.90. The van der Waals surface area contributed by atoms with Crippen LogP contribution in [0.25, 0.3) is 0 Å². The van der Waals surface area contributed by atoms with Crippen LogP contribution in [0.15, 0.2) is 18.2 Å². The summed E-state index contributed by atoms with van der Waals surface area (Å²) in [5.41, 5.74) is 2.33. The van der Waals surface area contributed by atoms with Crippen molar-refractivity contribution in [3.63, 3.8) is 0 Å². The lowest BCUT2D eigenvalue weighted by Crippen LogP contribution is -2.17. The van der Waals surface area contributed by atoms with Gasteiger partial charge >= 0.3 is 0 Å². The van der Waals surface area contributed by atoms with Crippen molar-refractivity contribution in [3.05, 3.63) is 29.3 Å². The molecule has 1 atom stereocenters. The van der Waals surface area contributed by atoms with Crippen molar-refractivity contribution in [2.24, 2.45) is 5.41 Å². The zero-order chi connectivity index (χ0) is 12.5. The van der Waals surface area contributed by atoms with Crippen LogP contribution in [0.5, 0.6) is 5.75 Å². The molecule has 1 aromatic rings. The molecule has 1 aromatic carbocycles. The maximum atomic E-state index is 5.83. The minimum absolute atomic E-state index is 0.133. The highest BCUT2D eigenvalue weighted by molar-refractivity contribution is 5.42. The van der Waals surface area contributed by atoms with Crippen LogP contribution in [0.1, 0.15) is 38.2 Å². The second-order valence-electron chi connectivity index (χ2n) is 5.55. The Kier molecular flexibility index (Phi) is 3.40. The van der Waals surface area contributed by atoms with Crippen LogP contribution >= 0.6 is 0 Å². The van der Waals surface area contributed by atoms with E-state index in [9.17, 15) is 0 Å². The minimum Gasteiger partial charge on any atom is -0.496 e. The van der Waals surface area contributed by atoms with Crippen LogP contribution in [-0.2, 0) is 16.1 Å². The molecule has 0 aliphatic carbocycles. The van der Waals surface area contributed by atoms with Gasteiger partial charge in [-0.3, -0.25) is 0 Å². The van der Waals surface area contributed by atoms with Crippen LogP contribution in [-0.4, -0.2) is 13.7 Å². The number of rotatable bonds is 3. The normalized spacial score (nSPS) is 19.2. The number of benzene rings is 1. The van der Waals surface area contributed by atoms with Gasteiger partial charge in [-0.15, -0.1) is 0 Å². The number of fused-ring (bicyclic) bond motifs is 1. The summed E-state index contributed by atoms with van der Waals surface area (Å²) in [7, 11) is 1.68.